The van der Waals surface area contributed by atoms with E-state index in [1.54, 1.807) is 14.1 Å². The average molecular weight is 294 g/mol. The summed E-state index contributed by atoms with van der Waals surface area (Å²) < 4.78 is 4.55. The Morgan fingerprint density at radius 3 is 2.71 bits per heavy atom. The van der Waals surface area contributed by atoms with Crippen molar-refractivity contribution in [3.63, 3.8) is 0 Å². The molecule has 2 N–H and O–H groups in total. The summed E-state index contributed by atoms with van der Waals surface area (Å²) in [5, 5.41) is 23.7. The van der Waals surface area contributed by atoms with E-state index in [-0.39, 0.29) is 22.8 Å². The maximum Gasteiger partial charge on any atom is 0.316 e. The van der Waals surface area contributed by atoms with Crippen LogP contribution in [0, 0.1) is 10.1 Å². The number of non-ortho nitro benzene ring substituents is 1. The van der Waals surface area contributed by atoms with Crippen molar-refractivity contribution in [2.75, 3.05) is 32.5 Å². The van der Waals surface area contributed by atoms with Gasteiger partial charge in [-0.05, 0) is 16.4 Å². The normalized spacial score (nSPS) is 10.4. The van der Waals surface area contributed by atoms with Crippen LogP contribution in [0.2, 0.25) is 0 Å². The molecule has 1 aromatic heterocycles. The Labute approximate surface area is 119 Å². The molecule has 0 fully saturated rings. The molecule has 0 saturated carbocycles. The van der Waals surface area contributed by atoms with Crippen LogP contribution < -0.4 is 10.6 Å². The number of nitrogens with zero attached hydrogens (tertiary/aromatic N) is 4. The molecule has 0 aliphatic heterocycles. The molecule has 2 aromatic rings. The van der Waals surface area contributed by atoms with Crippen LogP contribution in [0.25, 0.3) is 11.0 Å². The molecule has 0 atom stereocenters. The molecule has 10 nitrogen and oxygen atoms in total. The number of urea groups is 1. The number of amides is 2. The van der Waals surface area contributed by atoms with Gasteiger partial charge in [0.05, 0.1) is 10.6 Å². The number of rotatable bonds is 5. The highest BCUT2D eigenvalue weighted by molar-refractivity contribution is 5.93. The van der Waals surface area contributed by atoms with Gasteiger partial charge in [-0.25, -0.2) is 9.42 Å². The van der Waals surface area contributed by atoms with Gasteiger partial charge in [0.1, 0.15) is 0 Å². The largest absolute Gasteiger partial charge is 0.381 e. The van der Waals surface area contributed by atoms with Crippen LogP contribution in [0.4, 0.5) is 16.2 Å². The number of nitrogens with one attached hydrogen (secondary N) is 2. The number of anilines is 1. The third-order valence-electron chi connectivity index (χ3n) is 2.71. The summed E-state index contributed by atoms with van der Waals surface area (Å²) in [4.78, 5) is 23.0. The Morgan fingerprint density at radius 2 is 2.05 bits per heavy atom. The van der Waals surface area contributed by atoms with Crippen LogP contribution >= 0.6 is 0 Å². The second-order valence-electron chi connectivity index (χ2n) is 4.40. The van der Waals surface area contributed by atoms with Crippen molar-refractivity contribution in [3.8, 4) is 0 Å². The number of nitro benzene ring substituents is 1. The number of carbonyl (C=O) groups is 1. The first-order valence-electron chi connectivity index (χ1n) is 6.09. The molecule has 2 amide bonds. The highest BCUT2D eigenvalue weighted by Crippen LogP contribution is 2.28. The van der Waals surface area contributed by atoms with Crippen molar-refractivity contribution >= 4 is 28.4 Å². The van der Waals surface area contributed by atoms with E-state index in [2.05, 4.69) is 25.6 Å². The number of hydrogen-bond donors (Lipinski definition) is 2. The predicted molar refractivity (Wildman–Crippen MR) is 74.0 cm³/mol. The fourth-order valence-electron chi connectivity index (χ4n) is 1.67. The van der Waals surface area contributed by atoms with E-state index in [0.717, 1.165) is 0 Å². The van der Waals surface area contributed by atoms with Crippen LogP contribution in [0.1, 0.15) is 0 Å². The molecular weight excluding hydrogens is 280 g/mol. The molecule has 1 heterocycles. The van der Waals surface area contributed by atoms with Gasteiger partial charge in [-0.15, -0.1) is 0 Å². The summed E-state index contributed by atoms with van der Waals surface area (Å²) >= 11 is 0. The van der Waals surface area contributed by atoms with E-state index in [1.165, 1.54) is 17.0 Å². The maximum atomic E-state index is 11.3. The Balaban J connectivity index is 2.03. The van der Waals surface area contributed by atoms with E-state index >= 15 is 0 Å². The SMILES string of the molecule is CN(C)C(=O)NCCNc1ccc([N+](=O)[O-])c2nonc12. The minimum absolute atomic E-state index is 0.0855. The monoisotopic (exact) mass is 294 g/mol. The van der Waals surface area contributed by atoms with Crippen molar-refractivity contribution in [2.24, 2.45) is 0 Å². The zero-order chi connectivity index (χ0) is 15.4. The quantitative estimate of drug-likeness (QED) is 0.474. The molecule has 112 valence electrons. The minimum Gasteiger partial charge on any atom is -0.381 e. The molecule has 0 saturated heterocycles. The molecule has 2 rings (SSSR count). The van der Waals surface area contributed by atoms with Gasteiger partial charge >= 0.3 is 11.7 Å². The van der Waals surface area contributed by atoms with E-state index in [9.17, 15) is 14.9 Å². The molecule has 0 aliphatic carbocycles. The Bertz CT molecular complexity index is 668. The second kappa shape index (κ2) is 6.03. The number of carbonyl (C=O) groups excluding carboxylic acids is 1. The third kappa shape index (κ3) is 3.16. The fraction of sp³-hybridized carbons (Fsp3) is 0.364. The number of fused-ring (bicyclic) bond motifs is 1. The van der Waals surface area contributed by atoms with Crippen LogP contribution in [0.3, 0.4) is 0 Å². The smallest absolute Gasteiger partial charge is 0.316 e. The van der Waals surface area contributed by atoms with Gasteiger partial charge in [0, 0.05) is 33.3 Å². The molecule has 1 aromatic carbocycles. The highest BCUT2D eigenvalue weighted by Gasteiger charge is 2.19. The van der Waals surface area contributed by atoms with Crippen LogP contribution in [0.15, 0.2) is 16.8 Å². The standard InChI is InChI=1S/C11H14N6O4/c1-16(2)11(18)13-6-5-12-7-3-4-8(17(19)20)10-9(7)14-21-15-10/h3-4,12H,5-6H2,1-2H3,(H,13,18). The van der Waals surface area contributed by atoms with Crippen molar-refractivity contribution in [1.82, 2.24) is 20.5 Å². The van der Waals surface area contributed by atoms with Gasteiger partial charge in [0.25, 0.3) is 0 Å². The number of nitro groups is 1. The van der Waals surface area contributed by atoms with Crippen LogP contribution in [0.5, 0.6) is 0 Å². The lowest BCUT2D eigenvalue weighted by Gasteiger charge is -2.12. The lowest BCUT2D eigenvalue weighted by molar-refractivity contribution is -0.383. The molecule has 0 radical (unpaired) electrons. The van der Waals surface area contributed by atoms with Gasteiger partial charge in [0.15, 0.2) is 5.52 Å². The number of benzene rings is 1. The lowest BCUT2D eigenvalue weighted by Crippen LogP contribution is -2.37. The van der Waals surface area contributed by atoms with Crippen molar-refractivity contribution in [2.45, 2.75) is 0 Å². The summed E-state index contributed by atoms with van der Waals surface area (Å²) in [7, 11) is 3.29. The van der Waals surface area contributed by atoms with Crippen molar-refractivity contribution < 1.29 is 14.3 Å². The van der Waals surface area contributed by atoms with Gasteiger partial charge in [-0.2, -0.15) is 0 Å². The average Bonchev–Trinajstić information content (AvgIpc) is 2.92. The molecule has 0 aliphatic rings. The number of aromatic nitrogens is 2. The molecular formula is C11H14N6O4. The van der Waals surface area contributed by atoms with E-state index in [1.807, 2.05) is 0 Å². The van der Waals surface area contributed by atoms with Crippen LogP contribution in [-0.2, 0) is 0 Å². The number of hydrogen-bond acceptors (Lipinski definition) is 7. The molecule has 0 bridgehead atoms. The fourth-order valence-corrected chi connectivity index (χ4v) is 1.67. The third-order valence-corrected chi connectivity index (χ3v) is 2.71. The molecule has 0 spiro atoms. The Kier molecular flexibility index (Phi) is 4.16. The van der Waals surface area contributed by atoms with Gasteiger partial charge in [-0.3, -0.25) is 10.1 Å². The molecule has 0 unspecified atom stereocenters. The van der Waals surface area contributed by atoms with E-state index < -0.39 is 4.92 Å². The maximum absolute atomic E-state index is 11.3. The lowest BCUT2D eigenvalue weighted by atomic mass is 10.2. The zero-order valence-corrected chi connectivity index (χ0v) is 11.5. The summed E-state index contributed by atoms with van der Waals surface area (Å²) in [6.45, 7) is 0.820. The summed E-state index contributed by atoms with van der Waals surface area (Å²) in [6.07, 6.45) is 0. The summed E-state index contributed by atoms with van der Waals surface area (Å²) in [5.41, 5.74) is 0.749. The van der Waals surface area contributed by atoms with E-state index in [0.29, 0.717) is 18.8 Å². The highest BCUT2D eigenvalue weighted by atomic mass is 16.6. The van der Waals surface area contributed by atoms with E-state index in [4.69, 9.17) is 0 Å². The first-order chi connectivity index (χ1) is 10.0. The van der Waals surface area contributed by atoms with Crippen molar-refractivity contribution in [1.29, 1.82) is 0 Å². The van der Waals surface area contributed by atoms with Gasteiger partial charge in [-0.1, -0.05) is 0 Å². The van der Waals surface area contributed by atoms with Gasteiger partial charge < -0.3 is 15.5 Å². The molecule has 21 heavy (non-hydrogen) atoms. The topological polar surface area (TPSA) is 126 Å². The molecule has 10 heteroatoms. The Morgan fingerprint density at radius 1 is 1.33 bits per heavy atom. The van der Waals surface area contributed by atoms with Crippen LogP contribution in [-0.4, -0.2) is 53.4 Å². The zero-order valence-electron chi connectivity index (χ0n) is 11.5. The predicted octanol–water partition coefficient (Wildman–Crippen LogP) is 0.814. The minimum atomic E-state index is -0.548. The Hall–Kier alpha value is -2.91. The first-order valence-corrected chi connectivity index (χ1v) is 6.09. The van der Waals surface area contributed by atoms with Gasteiger partial charge in [0.2, 0.25) is 5.52 Å². The first kappa shape index (κ1) is 14.5. The summed E-state index contributed by atoms with van der Waals surface area (Å²) in [5.74, 6) is 0. The summed E-state index contributed by atoms with van der Waals surface area (Å²) in [6, 6.07) is 2.65. The second-order valence-corrected chi connectivity index (χ2v) is 4.40. The van der Waals surface area contributed by atoms with Crippen molar-refractivity contribution in [3.05, 3.63) is 22.2 Å².